The Bertz CT molecular complexity index is 913. The maximum absolute atomic E-state index is 12.9. The largest absolute Gasteiger partial charge is 0.383 e. The van der Waals surface area contributed by atoms with Crippen LogP contribution in [0, 0.1) is 13.8 Å². The Hall–Kier alpha value is -2.46. The molecule has 0 atom stereocenters. The highest BCUT2D eigenvalue weighted by Crippen LogP contribution is 2.20. The molecule has 1 aromatic heterocycles. The molecule has 2 aromatic carbocycles. The molecule has 0 radical (unpaired) electrons. The molecule has 23 heavy (non-hydrogen) atoms. The second kappa shape index (κ2) is 6.34. The Kier molecular flexibility index (Phi) is 4.26. The lowest BCUT2D eigenvalue weighted by atomic mass is 10.1. The number of aromatic nitrogens is 2. The van der Waals surface area contributed by atoms with Crippen molar-refractivity contribution < 1.29 is 4.74 Å². The van der Waals surface area contributed by atoms with Gasteiger partial charge in [-0.05, 0) is 32.0 Å². The fraction of sp³-hybridized carbons (Fsp3) is 0.263. The number of hydrogen-bond donors (Lipinski definition) is 0. The van der Waals surface area contributed by atoms with Crippen LogP contribution in [0.2, 0.25) is 0 Å². The van der Waals surface area contributed by atoms with Gasteiger partial charge in [0.25, 0.3) is 5.56 Å². The molecule has 0 unspecified atom stereocenters. The van der Waals surface area contributed by atoms with Crippen LogP contribution in [-0.4, -0.2) is 23.3 Å². The number of ether oxygens (including phenoxy) is 1. The van der Waals surface area contributed by atoms with Crippen LogP contribution in [0.25, 0.3) is 22.3 Å². The summed E-state index contributed by atoms with van der Waals surface area (Å²) in [5.74, 6) is 0.687. The van der Waals surface area contributed by atoms with Gasteiger partial charge in [0.1, 0.15) is 5.82 Å². The average Bonchev–Trinajstić information content (AvgIpc) is 2.54. The molecule has 3 aromatic rings. The Balaban J connectivity index is 2.30. The summed E-state index contributed by atoms with van der Waals surface area (Å²) in [4.78, 5) is 17.7. The first-order chi connectivity index (χ1) is 11.1. The van der Waals surface area contributed by atoms with E-state index in [1.807, 2.05) is 56.3 Å². The zero-order valence-electron chi connectivity index (χ0n) is 13.7. The lowest BCUT2D eigenvalue weighted by molar-refractivity contribution is 0.186. The van der Waals surface area contributed by atoms with Gasteiger partial charge in [0.2, 0.25) is 0 Å². The van der Waals surface area contributed by atoms with Crippen LogP contribution >= 0.6 is 0 Å². The van der Waals surface area contributed by atoms with Gasteiger partial charge in [0.15, 0.2) is 0 Å². The third-order valence-corrected chi connectivity index (χ3v) is 3.90. The summed E-state index contributed by atoms with van der Waals surface area (Å²) < 4.78 is 6.87. The minimum Gasteiger partial charge on any atom is -0.383 e. The summed E-state index contributed by atoms with van der Waals surface area (Å²) in [7, 11) is 1.63. The fourth-order valence-corrected chi connectivity index (χ4v) is 2.73. The smallest absolute Gasteiger partial charge is 0.261 e. The van der Waals surface area contributed by atoms with Gasteiger partial charge in [-0.2, -0.15) is 0 Å². The molecule has 0 aliphatic rings. The van der Waals surface area contributed by atoms with Gasteiger partial charge in [-0.1, -0.05) is 35.4 Å². The van der Waals surface area contributed by atoms with Crippen LogP contribution in [0.4, 0.5) is 0 Å². The lowest BCUT2D eigenvalue weighted by Gasteiger charge is -2.14. The highest BCUT2D eigenvalue weighted by Gasteiger charge is 2.13. The zero-order chi connectivity index (χ0) is 16.4. The number of hydrogen-bond acceptors (Lipinski definition) is 3. The van der Waals surface area contributed by atoms with Gasteiger partial charge >= 0.3 is 0 Å². The summed E-state index contributed by atoms with van der Waals surface area (Å²) in [6.07, 6.45) is 0. The molecule has 0 bridgehead atoms. The molecule has 0 aliphatic carbocycles. The Morgan fingerprint density at radius 2 is 1.87 bits per heavy atom. The van der Waals surface area contributed by atoms with Crippen molar-refractivity contribution in [2.24, 2.45) is 0 Å². The SMILES string of the molecule is COCCn1c(-c2cccc(C)c2)nc2ccc(C)cc2c1=O. The summed E-state index contributed by atoms with van der Waals surface area (Å²) in [5.41, 5.74) is 3.84. The van der Waals surface area contributed by atoms with Crippen LogP contribution in [0.5, 0.6) is 0 Å². The normalized spacial score (nSPS) is 11.1. The zero-order valence-corrected chi connectivity index (χ0v) is 13.7. The van der Waals surface area contributed by atoms with Crippen molar-refractivity contribution in [2.45, 2.75) is 20.4 Å². The van der Waals surface area contributed by atoms with Crippen LogP contribution in [-0.2, 0) is 11.3 Å². The van der Waals surface area contributed by atoms with E-state index in [2.05, 4.69) is 0 Å². The van der Waals surface area contributed by atoms with E-state index in [0.29, 0.717) is 24.4 Å². The molecular weight excluding hydrogens is 288 g/mol. The molecule has 4 nitrogen and oxygen atoms in total. The van der Waals surface area contributed by atoms with Crippen LogP contribution in [0.3, 0.4) is 0 Å². The molecule has 118 valence electrons. The Morgan fingerprint density at radius 3 is 2.61 bits per heavy atom. The van der Waals surface area contributed by atoms with E-state index >= 15 is 0 Å². The van der Waals surface area contributed by atoms with Crippen molar-refractivity contribution in [2.75, 3.05) is 13.7 Å². The average molecular weight is 308 g/mol. The first-order valence-corrected chi connectivity index (χ1v) is 7.67. The van der Waals surface area contributed by atoms with E-state index in [4.69, 9.17) is 9.72 Å². The third-order valence-electron chi connectivity index (χ3n) is 3.90. The van der Waals surface area contributed by atoms with E-state index in [1.54, 1.807) is 11.7 Å². The second-order valence-corrected chi connectivity index (χ2v) is 5.78. The minimum atomic E-state index is -0.0211. The monoisotopic (exact) mass is 308 g/mol. The number of nitrogens with zero attached hydrogens (tertiary/aromatic N) is 2. The van der Waals surface area contributed by atoms with Gasteiger partial charge in [-0.15, -0.1) is 0 Å². The topological polar surface area (TPSA) is 44.1 Å². The second-order valence-electron chi connectivity index (χ2n) is 5.78. The molecule has 1 heterocycles. The Morgan fingerprint density at radius 1 is 1.09 bits per heavy atom. The molecule has 0 aliphatic heterocycles. The summed E-state index contributed by atoms with van der Waals surface area (Å²) in [6.45, 7) is 4.96. The van der Waals surface area contributed by atoms with Gasteiger partial charge in [-0.3, -0.25) is 9.36 Å². The summed E-state index contributed by atoms with van der Waals surface area (Å²) in [6, 6.07) is 13.8. The van der Waals surface area contributed by atoms with Gasteiger partial charge in [0, 0.05) is 12.7 Å². The summed E-state index contributed by atoms with van der Waals surface area (Å²) in [5, 5.41) is 0.650. The van der Waals surface area contributed by atoms with Crippen LogP contribution in [0.1, 0.15) is 11.1 Å². The number of benzene rings is 2. The van der Waals surface area contributed by atoms with Crippen molar-refractivity contribution in [3.05, 3.63) is 63.9 Å². The maximum atomic E-state index is 12.9. The van der Waals surface area contributed by atoms with Gasteiger partial charge in [-0.25, -0.2) is 4.98 Å². The number of methoxy groups -OCH3 is 1. The van der Waals surface area contributed by atoms with E-state index in [-0.39, 0.29) is 5.56 Å². The highest BCUT2D eigenvalue weighted by molar-refractivity contribution is 5.80. The van der Waals surface area contributed by atoms with Crippen molar-refractivity contribution in [3.63, 3.8) is 0 Å². The van der Waals surface area contributed by atoms with Gasteiger partial charge < -0.3 is 4.74 Å². The van der Waals surface area contributed by atoms with Crippen LogP contribution in [0.15, 0.2) is 47.3 Å². The first-order valence-electron chi connectivity index (χ1n) is 7.67. The lowest BCUT2D eigenvalue weighted by Crippen LogP contribution is -2.25. The highest BCUT2D eigenvalue weighted by atomic mass is 16.5. The van der Waals surface area contributed by atoms with Crippen molar-refractivity contribution in [3.8, 4) is 11.4 Å². The molecule has 4 heteroatoms. The quantitative estimate of drug-likeness (QED) is 0.742. The molecular formula is C19H20N2O2. The molecule has 0 saturated heterocycles. The molecule has 0 saturated carbocycles. The van der Waals surface area contributed by atoms with Crippen molar-refractivity contribution >= 4 is 10.9 Å². The predicted octanol–water partition coefficient (Wildman–Crippen LogP) is 3.33. The summed E-state index contributed by atoms with van der Waals surface area (Å²) >= 11 is 0. The first kappa shape index (κ1) is 15.4. The predicted molar refractivity (Wildman–Crippen MR) is 92.8 cm³/mol. The van der Waals surface area contributed by atoms with E-state index in [1.165, 1.54) is 0 Å². The van der Waals surface area contributed by atoms with E-state index in [0.717, 1.165) is 22.2 Å². The molecule has 0 N–H and O–H groups in total. The van der Waals surface area contributed by atoms with Crippen molar-refractivity contribution in [1.82, 2.24) is 9.55 Å². The van der Waals surface area contributed by atoms with Gasteiger partial charge in [0.05, 0.1) is 24.1 Å². The van der Waals surface area contributed by atoms with Crippen molar-refractivity contribution in [1.29, 1.82) is 0 Å². The van der Waals surface area contributed by atoms with E-state index < -0.39 is 0 Å². The number of rotatable bonds is 4. The molecule has 0 spiro atoms. The number of fused-ring (bicyclic) bond motifs is 1. The molecule has 0 amide bonds. The number of aryl methyl sites for hydroxylation is 2. The maximum Gasteiger partial charge on any atom is 0.261 e. The van der Waals surface area contributed by atoms with E-state index in [9.17, 15) is 4.79 Å². The Labute approximate surface area is 135 Å². The molecule has 3 rings (SSSR count). The molecule has 0 fully saturated rings. The fourth-order valence-electron chi connectivity index (χ4n) is 2.73. The van der Waals surface area contributed by atoms with Crippen LogP contribution < -0.4 is 5.56 Å². The standard InChI is InChI=1S/C19H20N2O2/c1-13-5-4-6-15(11-13)18-20-17-8-7-14(2)12-16(17)19(22)21(18)9-10-23-3/h4-8,11-12H,9-10H2,1-3H3. The minimum absolute atomic E-state index is 0.0211. The third kappa shape index (κ3) is 3.03.